The van der Waals surface area contributed by atoms with Gasteiger partial charge in [0.15, 0.2) is 0 Å². The van der Waals surface area contributed by atoms with Crippen LogP contribution >= 0.6 is 0 Å². The van der Waals surface area contributed by atoms with E-state index < -0.39 is 10.8 Å². The predicted octanol–water partition coefficient (Wildman–Crippen LogP) is 1.62. The number of hydrogen-bond donors (Lipinski definition) is 1. The van der Waals surface area contributed by atoms with E-state index in [4.69, 9.17) is 5.73 Å². The molecule has 2 aromatic rings. The zero-order chi connectivity index (χ0) is 12.4. The van der Waals surface area contributed by atoms with Gasteiger partial charge in [0.1, 0.15) is 0 Å². The largest absolute Gasteiger partial charge is 0.398 e. The lowest BCUT2D eigenvalue weighted by Crippen LogP contribution is -2.03. The van der Waals surface area contributed by atoms with Crippen LogP contribution in [0.1, 0.15) is 11.3 Å². The van der Waals surface area contributed by atoms with Crippen LogP contribution in [-0.4, -0.2) is 14.0 Å². The molecule has 1 heterocycles. The lowest BCUT2D eigenvalue weighted by Gasteiger charge is -2.06. The first-order valence-corrected chi connectivity index (χ1v) is 6.62. The molecule has 0 aliphatic heterocycles. The first-order valence-electron chi connectivity index (χ1n) is 5.30. The van der Waals surface area contributed by atoms with Crippen molar-refractivity contribution in [2.45, 2.75) is 17.6 Å². The standard InChI is InChI=1S/C12H15N3OS/c1-9-4-3-5-11(12(9)13)17(16)8-10-6-7-15(2)14-10/h3-7H,8,13H2,1-2H3. The van der Waals surface area contributed by atoms with Crippen molar-refractivity contribution in [1.29, 1.82) is 0 Å². The molecule has 1 aromatic heterocycles. The molecule has 90 valence electrons. The van der Waals surface area contributed by atoms with Gasteiger partial charge in [0.2, 0.25) is 0 Å². The molecule has 5 heteroatoms. The van der Waals surface area contributed by atoms with Gasteiger partial charge < -0.3 is 5.73 Å². The van der Waals surface area contributed by atoms with Crippen LogP contribution in [0.4, 0.5) is 5.69 Å². The van der Waals surface area contributed by atoms with Crippen LogP contribution in [0.15, 0.2) is 35.4 Å². The number of aryl methyl sites for hydroxylation is 2. The van der Waals surface area contributed by atoms with Gasteiger partial charge in [0.25, 0.3) is 0 Å². The molecule has 17 heavy (non-hydrogen) atoms. The summed E-state index contributed by atoms with van der Waals surface area (Å²) in [6.45, 7) is 1.91. The van der Waals surface area contributed by atoms with Crippen molar-refractivity contribution in [2.75, 3.05) is 5.73 Å². The first-order chi connectivity index (χ1) is 8.08. The zero-order valence-corrected chi connectivity index (χ0v) is 10.7. The number of benzene rings is 1. The number of nitrogens with two attached hydrogens (primary N) is 1. The molecule has 2 rings (SSSR count). The van der Waals surface area contributed by atoms with Gasteiger partial charge in [-0.05, 0) is 24.6 Å². The summed E-state index contributed by atoms with van der Waals surface area (Å²) in [5.74, 6) is 0.397. The van der Waals surface area contributed by atoms with Crippen LogP contribution in [0.5, 0.6) is 0 Å². The van der Waals surface area contributed by atoms with E-state index in [0.29, 0.717) is 16.3 Å². The summed E-state index contributed by atoms with van der Waals surface area (Å²) in [7, 11) is 0.697. The number of para-hydroxylation sites is 1. The van der Waals surface area contributed by atoms with Crippen molar-refractivity contribution in [3.8, 4) is 0 Å². The molecular formula is C12H15N3OS. The fourth-order valence-electron chi connectivity index (χ4n) is 1.60. The molecule has 1 atom stereocenters. The third kappa shape index (κ3) is 2.55. The van der Waals surface area contributed by atoms with Gasteiger partial charge in [-0.2, -0.15) is 5.10 Å². The fraction of sp³-hybridized carbons (Fsp3) is 0.250. The molecule has 0 amide bonds. The highest BCUT2D eigenvalue weighted by Crippen LogP contribution is 2.21. The van der Waals surface area contributed by atoms with Gasteiger partial charge in [0.05, 0.1) is 32.8 Å². The summed E-state index contributed by atoms with van der Waals surface area (Å²) in [4.78, 5) is 0.690. The molecule has 0 aliphatic rings. The molecule has 0 saturated heterocycles. The summed E-state index contributed by atoms with van der Waals surface area (Å²) in [5.41, 5.74) is 8.30. The smallest absolute Gasteiger partial charge is 0.0753 e. The van der Waals surface area contributed by atoms with E-state index in [0.717, 1.165) is 11.3 Å². The Balaban J connectivity index is 2.23. The summed E-state index contributed by atoms with van der Waals surface area (Å²) >= 11 is 0. The van der Waals surface area contributed by atoms with E-state index in [1.807, 2.05) is 38.4 Å². The second-order valence-corrected chi connectivity index (χ2v) is 5.38. The fourth-order valence-corrected chi connectivity index (χ4v) is 2.82. The van der Waals surface area contributed by atoms with E-state index >= 15 is 0 Å². The topological polar surface area (TPSA) is 60.9 Å². The summed E-state index contributed by atoms with van der Waals surface area (Å²) < 4.78 is 13.9. The monoisotopic (exact) mass is 249 g/mol. The van der Waals surface area contributed by atoms with E-state index in [1.165, 1.54) is 0 Å². The van der Waals surface area contributed by atoms with Gasteiger partial charge in [-0.15, -0.1) is 0 Å². The van der Waals surface area contributed by atoms with Crippen LogP contribution in [0, 0.1) is 6.92 Å². The van der Waals surface area contributed by atoms with Crippen molar-refractivity contribution in [1.82, 2.24) is 9.78 Å². The second-order valence-electron chi connectivity index (χ2n) is 3.96. The quantitative estimate of drug-likeness (QED) is 0.841. The highest BCUT2D eigenvalue weighted by Gasteiger charge is 2.11. The van der Waals surface area contributed by atoms with Crippen LogP contribution in [-0.2, 0) is 23.6 Å². The molecule has 2 N–H and O–H groups in total. The summed E-state index contributed by atoms with van der Waals surface area (Å²) in [6, 6.07) is 7.46. The van der Waals surface area contributed by atoms with Gasteiger partial charge >= 0.3 is 0 Å². The van der Waals surface area contributed by atoms with E-state index in [1.54, 1.807) is 10.7 Å². The Bertz CT molecular complexity index is 563. The molecule has 4 nitrogen and oxygen atoms in total. The van der Waals surface area contributed by atoms with Crippen molar-refractivity contribution in [3.05, 3.63) is 41.7 Å². The number of aromatic nitrogens is 2. The molecule has 1 aromatic carbocycles. The van der Waals surface area contributed by atoms with Crippen LogP contribution in [0.2, 0.25) is 0 Å². The zero-order valence-electron chi connectivity index (χ0n) is 9.88. The molecule has 0 fully saturated rings. The third-order valence-corrected chi connectivity index (χ3v) is 3.98. The van der Waals surface area contributed by atoms with Crippen LogP contribution < -0.4 is 5.73 Å². The number of anilines is 1. The minimum atomic E-state index is -1.14. The molecule has 0 radical (unpaired) electrons. The van der Waals surface area contributed by atoms with Gasteiger partial charge in [-0.1, -0.05) is 12.1 Å². The first kappa shape index (κ1) is 11.9. The molecule has 0 bridgehead atoms. The number of hydrogen-bond acceptors (Lipinski definition) is 3. The normalized spacial score (nSPS) is 12.6. The lowest BCUT2D eigenvalue weighted by atomic mass is 10.2. The van der Waals surface area contributed by atoms with E-state index in [2.05, 4.69) is 5.10 Å². The highest BCUT2D eigenvalue weighted by molar-refractivity contribution is 7.84. The Kier molecular flexibility index (Phi) is 3.28. The SMILES string of the molecule is Cc1cccc(S(=O)Cc2ccn(C)n2)c1N. The van der Waals surface area contributed by atoms with E-state index in [9.17, 15) is 4.21 Å². The van der Waals surface area contributed by atoms with Gasteiger partial charge in [0, 0.05) is 13.2 Å². The van der Waals surface area contributed by atoms with Crippen molar-refractivity contribution in [3.63, 3.8) is 0 Å². The number of rotatable bonds is 3. The minimum absolute atomic E-state index is 0.397. The molecule has 1 unspecified atom stereocenters. The Morgan fingerprint density at radius 1 is 1.41 bits per heavy atom. The van der Waals surface area contributed by atoms with E-state index in [-0.39, 0.29) is 0 Å². The molecule has 0 aliphatic carbocycles. The van der Waals surface area contributed by atoms with Gasteiger partial charge in [-0.25, -0.2) is 0 Å². The molecule has 0 spiro atoms. The highest BCUT2D eigenvalue weighted by atomic mass is 32.2. The Morgan fingerprint density at radius 2 is 2.18 bits per heavy atom. The maximum Gasteiger partial charge on any atom is 0.0753 e. The Hall–Kier alpha value is -1.62. The Labute approximate surface area is 103 Å². The van der Waals surface area contributed by atoms with Crippen molar-refractivity contribution >= 4 is 16.5 Å². The molecule has 0 saturated carbocycles. The average Bonchev–Trinajstić information content (AvgIpc) is 2.68. The van der Waals surface area contributed by atoms with Crippen molar-refractivity contribution < 1.29 is 4.21 Å². The van der Waals surface area contributed by atoms with Crippen LogP contribution in [0.3, 0.4) is 0 Å². The number of nitrogens with zero attached hydrogens (tertiary/aromatic N) is 2. The maximum atomic E-state index is 12.2. The third-order valence-electron chi connectivity index (χ3n) is 2.58. The maximum absolute atomic E-state index is 12.2. The van der Waals surface area contributed by atoms with Gasteiger partial charge in [-0.3, -0.25) is 8.89 Å². The molecular weight excluding hydrogens is 234 g/mol. The lowest BCUT2D eigenvalue weighted by molar-refractivity contribution is 0.681. The second kappa shape index (κ2) is 4.71. The Morgan fingerprint density at radius 3 is 2.82 bits per heavy atom. The minimum Gasteiger partial charge on any atom is -0.398 e. The number of nitrogen functional groups attached to an aromatic ring is 1. The van der Waals surface area contributed by atoms with Crippen LogP contribution in [0.25, 0.3) is 0 Å². The predicted molar refractivity (Wildman–Crippen MR) is 68.9 cm³/mol. The van der Waals surface area contributed by atoms with Crippen molar-refractivity contribution in [2.24, 2.45) is 7.05 Å². The average molecular weight is 249 g/mol. The summed E-state index contributed by atoms with van der Waals surface area (Å²) in [5, 5.41) is 4.21. The summed E-state index contributed by atoms with van der Waals surface area (Å²) in [6.07, 6.45) is 1.84.